The lowest BCUT2D eigenvalue weighted by atomic mass is 10.0. The van der Waals surface area contributed by atoms with Gasteiger partial charge in [-0.15, -0.1) is 0 Å². The Balaban J connectivity index is 3.48. The maximum absolute atomic E-state index is 12.0. The van der Waals surface area contributed by atoms with Crippen molar-refractivity contribution in [1.29, 1.82) is 0 Å². The van der Waals surface area contributed by atoms with E-state index in [9.17, 15) is 14.7 Å². The van der Waals surface area contributed by atoms with E-state index in [1.54, 1.807) is 0 Å². The van der Waals surface area contributed by atoms with Crippen molar-refractivity contribution in [2.75, 3.05) is 13.2 Å². The second-order valence-electron chi connectivity index (χ2n) is 11.8. The van der Waals surface area contributed by atoms with Gasteiger partial charge in [0.25, 0.3) is 0 Å². The van der Waals surface area contributed by atoms with Crippen molar-refractivity contribution in [3.8, 4) is 0 Å². The van der Waals surface area contributed by atoms with E-state index in [4.69, 9.17) is 4.74 Å². The molecule has 244 valence electrons. The Bertz CT molecular complexity index is 685. The first kappa shape index (κ1) is 40.1. The summed E-state index contributed by atoms with van der Waals surface area (Å²) in [5, 5.41) is 12.8. The van der Waals surface area contributed by atoms with Crippen LogP contribution in [-0.2, 0) is 14.3 Å². The van der Waals surface area contributed by atoms with Gasteiger partial charge in [0.1, 0.15) is 12.7 Å². The first-order valence-electron chi connectivity index (χ1n) is 17.7. The summed E-state index contributed by atoms with van der Waals surface area (Å²) in [6.07, 6.45) is 39.5. The lowest BCUT2D eigenvalue weighted by Gasteiger charge is -2.12. The van der Waals surface area contributed by atoms with Crippen LogP contribution in [-0.4, -0.2) is 36.2 Å². The second kappa shape index (κ2) is 33.6. The Hall–Kier alpha value is -1.88. The minimum Gasteiger partial charge on any atom is -0.463 e. The Kier molecular flexibility index (Phi) is 32.1. The quantitative estimate of drug-likeness (QED) is 0.0479. The number of rotatable bonds is 31. The Morgan fingerprint density at radius 3 is 1.60 bits per heavy atom. The Morgan fingerprint density at radius 1 is 0.595 bits per heavy atom. The number of hydrogen-bond acceptors (Lipinski definition) is 4. The van der Waals surface area contributed by atoms with Crippen LogP contribution >= 0.6 is 0 Å². The zero-order valence-corrected chi connectivity index (χ0v) is 27.6. The predicted molar refractivity (Wildman–Crippen MR) is 180 cm³/mol. The van der Waals surface area contributed by atoms with Gasteiger partial charge in [0, 0.05) is 19.4 Å². The molecule has 0 aromatic carbocycles. The number of ether oxygens (including phenoxy) is 1. The summed E-state index contributed by atoms with van der Waals surface area (Å²) in [5.41, 5.74) is 0. The number of aliphatic hydroxyl groups is 1. The third-order valence-electron chi connectivity index (χ3n) is 7.56. The maximum Gasteiger partial charge on any atom is 0.305 e. The number of carbonyl (C=O) groups is 2. The minimum absolute atomic E-state index is 0.0502. The first-order chi connectivity index (χ1) is 20.6. The molecule has 1 amide bonds. The van der Waals surface area contributed by atoms with E-state index in [1.807, 2.05) is 0 Å². The van der Waals surface area contributed by atoms with Crippen molar-refractivity contribution < 1.29 is 19.4 Å². The van der Waals surface area contributed by atoms with E-state index in [1.165, 1.54) is 96.3 Å². The highest BCUT2D eigenvalue weighted by atomic mass is 16.5. The van der Waals surface area contributed by atoms with E-state index in [0.717, 1.165) is 44.9 Å². The molecular formula is C37H67NO4. The molecule has 1 unspecified atom stereocenters. The lowest BCUT2D eigenvalue weighted by Crippen LogP contribution is -2.35. The summed E-state index contributed by atoms with van der Waals surface area (Å²) in [5.74, 6) is -0.309. The third kappa shape index (κ3) is 32.6. The summed E-state index contributed by atoms with van der Waals surface area (Å²) in [4.78, 5) is 23.9. The van der Waals surface area contributed by atoms with Gasteiger partial charge >= 0.3 is 5.97 Å². The molecule has 0 heterocycles. The highest BCUT2D eigenvalue weighted by molar-refractivity contribution is 5.75. The van der Waals surface area contributed by atoms with Gasteiger partial charge in [0.15, 0.2) is 0 Å². The number of carbonyl (C=O) groups excluding carboxylic acids is 2. The van der Waals surface area contributed by atoms with Crippen LogP contribution in [0.4, 0.5) is 0 Å². The molecule has 0 aliphatic carbocycles. The molecule has 0 saturated carbocycles. The second-order valence-corrected chi connectivity index (χ2v) is 11.8. The monoisotopic (exact) mass is 590 g/mol. The van der Waals surface area contributed by atoms with Crippen LogP contribution in [0.3, 0.4) is 0 Å². The minimum atomic E-state index is -0.857. The molecule has 0 aromatic heterocycles. The van der Waals surface area contributed by atoms with Crippen LogP contribution in [0.5, 0.6) is 0 Å². The molecule has 0 spiro atoms. The van der Waals surface area contributed by atoms with Gasteiger partial charge in [-0.25, -0.2) is 0 Å². The molecular weight excluding hydrogens is 522 g/mol. The number of esters is 1. The number of aliphatic hydroxyl groups excluding tert-OH is 1. The molecule has 0 bridgehead atoms. The normalized spacial score (nSPS) is 12.5. The molecule has 0 aliphatic rings. The fraction of sp³-hybridized carbons (Fsp3) is 0.784. The van der Waals surface area contributed by atoms with Crippen molar-refractivity contribution in [3.63, 3.8) is 0 Å². The van der Waals surface area contributed by atoms with Crippen LogP contribution in [0.15, 0.2) is 36.5 Å². The molecule has 5 nitrogen and oxygen atoms in total. The van der Waals surface area contributed by atoms with Crippen molar-refractivity contribution in [1.82, 2.24) is 5.32 Å². The highest BCUT2D eigenvalue weighted by Crippen LogP contribution is 2.13. The van der Waals surface area contributed by atoms with Crippen LogP contribution in [0.2, 0.25) is 0 Å². The van der Waals surface area contributed by atoms with E-state index in [-0.39, 0.29) is 25.0 Å². The van der Waals surface area contributed by atoms with E-state index >= 15 is 0 Å². The van der Waals surface area contributed by atoms with Crippen LogP contribution in [0.1, 0.15) is 168 Å². The van der Waals surface area contributed by atoms with Crippen molar-refractivity contribution >= 4 is 11.9 Å². The molecule has 0 rings (SSSR count). The van der Waals surface area contributed by atoms with Crippen molar-refractivity contribution in [2.24, 2.45) is 0 Å². The zero-order chi connectivity index (χ0) is 30.8. The Labute approximate surface area is 260 Å². The summed E-state index contributed by atoms with van der Waals surface area (Å²) in [7, 11) is 0. The third-order valence-corrected chi connectivity index (χ3v) is 7.56. The molecule has 0 fully saturated rings. The van der Waals surface area contributed by atoms with E-state index in [2.05, 4.69) is 55.6 Å². The van der Waals surface area contributed by atoms with E-state index < -0.39 is 6.10 Å². The number of allylic oxidation sites excluding steroid dienone is 6. The highest BCUT2D eigenvalue weighted by Gasteiger charge is 2.10. The lowest BCUT2D eigenvalue weighted by molar-refractivity contribution is -0.146. The molecule has 0 aliphatic heterocycles. The number of hydrogen-bond donors (Lipinski definition) is 2. The van der Waals surface area contributed by atoms with Gasteiger partial charge in [-0.2, -0.15) is 0 Å². The summed E-state index contributed by atoms with van der Waals surface area (Å²) in [6, 6.07) is 0. The molecule has 5 heteroatoms. The number of nitrogens with one attached hydrogen (secondary N) is 1. The van der Waals surface area contributed by atoms with Gasteiger partial charge in [-0.3, -0.25) is 9.59 Å². The van der Waals surface area contributed by atoms with Crippen LogP contribution in [0, 0.1) is 0 Å². The van der Waals surface area contributed by atoms with Crippen molar-refractivity contribution in [2.45, 2.75) is 174 Å². The van der Waals surface area contributed by atoms with Gasteiger partial charge in [0.2, 0.25) is 5.91 Å². The fourth-order valence-electron chi connectivity index (χ4n) is 4.81. The molecule has 0 saturated heterocycles. The van der Waals surface area contributed by atoms with Crippen molar-refractivity contribution in [3.05, 3.63) is 36.5 Å². The van der Waals surface area contributed by atoms with Gasteiger partial charge < -0.3 is 15.2 Å². The summed E-state index contributed by atoms with van der Waals surface area (Å²) < 4.78 is 5.18. The maximum atomic E-state index is 12.0. The smallest absolute Gasteiger partial charge is 0.305 e. The standard InChI is InChI=1S/C37H67NO4/c1-3-5-7-9-11-13-15-17-18-20-21-23-25-27-29-31-36(40)38-33-35(39)34-42-37(41)32-30-28-26-24-22-19-16-14-12-10-8-6-4-2/h9,11,13,15,17-18,35,39H,3-8,10,12,14,16,19-34H2,1-2H3,(H,38,40)/b11-9-,15-13+,18-17-. The molecule has 1 atom stereocenters. The zero-order valence-electron chi connectivity index (χ0n) is 27.6. The largest absolute Gasteiger partial charge is 0.463 e. The van der Waals surface area contributed by atoms with Gasteiger partial charge in [-0.1, -0.05) is 159 Å². The van der Waals surface area contributed by atoms with Gasteiger partial charge in [-0.05, 0) is 32.1 Å². The molecule has 0 aromatic rings. The summed E-state index contributed by atoms with van der Waals surface area (Å²) >= 11 is 0. The van der Waals surface area contributed by atoms with Crippen LogP contribution in [0.25, 0.3) is 0 Å². The number of unbranched alkanes of at least 4 members (excludes halogenated alkanes) is 19. The molecule has 0 radical (unpaired) electrons. The Morgan fingerprint density at radius 2 is 1.05 bits per heavy atom. The average Bonchev–Trinajstić information content (AvgIpc) is 2.99. The average molecular weight is 590 g/mol. The number of amides is 1. The fourth-order valence-corrected chi connectivity index (χ4v) is 4.81. The SMILES string of the molecule is CCCC\C=C/C=C/C=C\CCCCCCCC(=O)NCC(O)COC(=O)CCCCCCCCCCCCCCC. The molecule has 42 heavy (non-hydrogen) atoms. The topological polar surface area (TPSA) is 75.6 Å². The van der Waals surface area contributed by atoms with Crippen LogP contribution < -0.4 is 5.32 Å². The predicted octanol–water partition coefficient (Wildman–Crippen LogP) is 10.1. The molecule has 2 N–H and O–H groups in total. The van der Waals surface area contributed by atoms with Gasteiger partial charge in [0.05, 0.1) is 0 Å². The van der Waals surface area contributed by atoms with E-state index in [0.29, 0.717) is 12.8 Å². The first-order valence-corrected chi connectivity index (χ1v) is 17.7. The summed E-state index contributed by atoms with van der Waals surface area (Å²) in [6.45, 7) is 4.54.